The van der Waals surface area contributed by atoms with E-state index in [9.17, 15) is 5.11 Å². The van der Waals surface area contributed by atoms with Crippen LogP contribution in [0.5, 0.6) is 11.5 Å². The van der Waals surface area contributed by atoms with Crippen molar-refractivity contribution in [3.8, 4) is 22.9 Å². The SMILES string of the molecule is COc1ccc(-c2nccn2C2CCN(C)CC2)cc1O.O=CO. The predicted molar refractivity (Wildman–Crippen MR) is 90.3 cm³/mol. The lowest BCUT2D eigenvalue weighted by molar-refractivity contribution is -0.122. The molecule has 0 spiro atoms. The Labute approximate surface area is 141 Å². The molecule has 1 saturated heterocycles. The molecule has 7 nitrogen and oxygen atoms in total. The van der Waals surface area contributed by atoms with Crippen molar-refractivity contribution in [1.29, 1.82) is 0 Å². The first-order chi connectivity index (χ1) is 11.6. The molecule has 1 aliphatic heterocycles. The molecule has 24 heavy (non-hydrogen) atoms. The van der Waals surface area contributed by atoms with Crippen LogP contribution in [0.1, 0.15) is 18.9 Å². The summed E-state index contributed by atoms with van der Waals surface area (Å²) in [6.45, 7) is 1.96. The number of hydrogen-bond donors (Lipinski definition) is 2. The van der Waals surface area contributed by atoms with Crippen molar-refractivity contribution in [2.24, 2.45) is 0 Å². The number of phenols is 1. The Bertz CT molecular complexity index is 664. The molecule has 1 aromatic carbocycles. The van der Waals surface area contributed by atoms with Crippen LogP contribution in [0.4, 0.5) is 0 Å². The number of piperidine rings is 1. The van der Waals surface area contributed by atoms with E-state index in [1.54, 1.807) is 19.2 Å². The molecule has 130 valence electrons. The van der Waals surface area contributed by atoms with Crippen molar-refractivity contribution in [3.63, 3.8) is 0 Å². The number of likely N-dealkylation sites (tertiary alicyclic amines) is 1. The highest BCUT2D eigenvalue weighted by atomic mass is 16.5. The number of hydrogen-bond acceptors (Lipinski definition) is 5. The van der Waals surface area contributed by atoms with Crippen LogP contribution < -0.4 is 4.74 Å². The maximum atomic E-state index is 9.96. The van der Waals surface area contributed by atoms with Crippen LogP contribution in [-0.4, -0.2) is 58.4 Å². The molecule has 7 heteroatoms. The van der Waals surface area contributed by atoms with Crippen molar-refractivity contribution in [3.05, 3.63) is 30.6 Å². The number of methoxy groups -OCH3 is 1. The minimum atomic E-state index is -0.250. The number of carbonyl (C=O) groups is 1. The van der Waals surface area contributed by atoms with Gasteiger partial charge in [-0.25, -0.2) is 4.98 Å². The first-order valence-corrected chi connectivity index (χ1v) is 7.77. The van der Waals surface area contributed by atoms with Gasteiger partial charge in [0.25, 0.3) is 6.47 Å². The van der Waals surface area contributed by atoms with E-state index in [0.717, 1.165) is 37.3 Å². The number of carboxylic acid groups (broad SMARTS) is 1. The Hall–Kier alpha value is -2.54. The third-order valence-corrected chi connectivity index (χ3v) is 4.19. The molecule has 1 aliphatic rings. The highest BCUT2D eigenvalue weighted by Gasteiger charge is 2.21. The third-order valence-electron chi connectivity index (χ3n) is 4.19. The van der Waals surface area contributed by atoms with Gasteiger partial charge < -0.3 is 24.4 Å². The van der Waals surface area contributed by atoms with Crippen LogP contribution in [0.15, 0.2) is 30.6 Å². The van der Waals surface area contributed by atoms with E-state index < -0.39 is 0 Å². The van der Waals surface area contributed by atoms with Crippen LogP contribution in [0, 0.1) is 0 Å². The molecule has 2 heterocycles. The van der Waals surface area contributed by atoms with Crippen molar-refractivity contribution in [2.75, 3.05) is 27.2 Å². The van der Waals surface area contributed by atoms with Crippen molar-refractivity contribution < 1.29 is 19.7 Å². The van der Waals surface area contributed by atoms with E-state index in [4.69, 9.17) is 14.6 Å². The van der Waals surface area contributed by atoms with E-state index in [2.05, 4.69) is 21.5 Å². The molecule has 1 fully saturated rings. The number of ether oxygens (including phenoxy) is 1. The van der Waals surface area contributed by atoms with E-state index in [1.807, 2.05) is 18.5 Å². The fourth-order valence-corrected chi connectivity index (χ4v) is 2.93. The molecule has 0 radical (unpaired) electrons. The van der Waals surface area contributed by atoms with Crippen LogP contribution in [-0.2, 0) is 4.79 Å². The Kier molecular flexibility index (Phi) is 6.20. The summed E-state index contributed by atoms with van der Waals surface area (Å²) in [6, 6.07) is 5.90. The lowest BCUT2D eigenvalue weighted by atomic mass is 10.0. The molecule has 0 saturated carbocycles. The number of rotatable bonds is 3. The van der Waals surface area contributed by atoms with Gasteiger partial charge in [0.1, 0.15) is 5.82 Å². The van der Waals surface area contributed by atoms with Gasteiger partial charge in [-0.3, -0.25) is 4.79 Å². The van der Waals surface area contributed by atoms with Gasteiger partial charge in [-0.1, -0.05) is 0 Å². The summed E-state index contributed by atoms with van der Waals surface area (Å²) in [5.41, 5.74) is 0.914. The smallest absolute Gasteiger partial charge is 0.290 e. The maximum Gasteiger partial charge on any atom is 0.290 e. The Morgan fingerprint density at radius 1 is 1.33 bits per heavy atom. The summed E-state index contributed by atoms with van der Waals surface area (Å²) in [5.74, 6) is 1.53. The molecule has 0 amide bonds. The Morgan fingerprint density at radius 2 is 2.00 bits per heavy atom. The number of aromatic hydroxyl groups is 1. The molecule has 2 N–H and O–H groups in total. The molecule has 0 bridgehead atoms. The molecular formula is C17H23N3O4. The van der Waals surface area contributed by atoms with E-state index in [0.29, 0.717) is 11.8 Å². The zero-order valence-electron chi connectivity index (χ0n) is 13.9. The van der Waals surface area contributed by atoms with Gasteiger partial charge in [0.2, 0.25) is 0 Å². The average Bonchev–Trinajstić information content (AvgIpc) is 3.06. The molecule has 2 aromatic rings. The summed E-state index contributed by atoms with van der Waals surface area (Å²) in [6.07, 6.45) is 6.12. The fraction of sp³-hybridized carbons (Fsp3) is 0.412. The summed E-state index contributed by atoms with van der Waals surface area (Å²) >= 11 is 0. The van der Waals surface area contributed by atoms with Crippen molar-refractivity contribution in [2.45, 2.75) is 18.9 Å². The number of benzene rings is 1. The quantitative estimate of drug-likeness (QED) is 0.838. The van der Waals surface area contributed by atoms with Gasteiger partial charge >= 0.3 is 0 Å². The normalized spacial score (nSPS) is 15.4. The summed E-state index contributed by atoms with van der Waals surface area (Å²) in [5, 5.41) is 16.8. The lowest BCUT2D eigenvalue weighted by Crippen LogP contribution is -2.31. The van der Waals surface area contributed by atoms with Gasteiger partial charge in [0.15, 0.2) is 11.5 Å². The molecule has 0 unspecified atom stereocenters. The minimum Gasteiger partial charge on any atom is -0.504 e. The largest absolute Gasteiger partial charge is 0.504 e. The highest BCUT2D eigenvalue weighted by molar-refractivity contribution is 5.61. The van der Waals surface area contributed by atoms with Crippen molar-refractivity contribution >= 4 is 6.47 Å². The van der Waals surface area contributed by atoms with Crippen LogP contribution in [0.25, 0.3) is 11.4 Å². The van der Waals surface area contributed by atoms with E-state index in [-0.39, 0.29) is 12.2 Å². The first-order valence-electron chi connectivity index (χ1n) is 7.77. The standard InChI is InChI=1S/C16H21N3O2.CH2O2/c1-18-8-5-13(6-9-18)19-10-7-17-16(19)12-3-4-15(21-2)14(20)11-12;2-1-3/h3-4,7,10-11,13,20H,5-6,8-9H2,1-2H3;1H,(H,2,3). The average molecular weight is 333 g/mol. The molecule has 1 aromatic heterocycles. The number of imidazole rings is 1. The second-order valence-corrected chi connectivity index (χ2v) is 5.68. The molecule has 0 aliphatic carbocycles. The third kappa shape index (κ3) is 4.05. The molecular weight excluding hydrogens is 310 g/mol. The zero-order chi connectivity index (χ0) is 17.5. The Balaban J connectivity index is 0.000000647. The predicted octanol–water partition coefficient (Wildman–Crippen LogP) is 2.23. The highest BCUT2D eigenvalue weighted by Crippen LogP contribution is 2.33. The van der Waals surface area contributed by atoms with Gasteiger partial charge in [-0.05, 0) is 51.2 Å². The second kappa shape index (κ2) is 8.35. The molecule has 0 atom stereocenters. The lowest BCUT2D eigenvalue weighted by Gasteiger charge is -2.30. The topological polar surface area (TPSA) is 87.8 Å². The van der Waals surface area contributed by atoms with E-state index >= 15 is 0 Å². The number of aromatic nitrogens is 2. The van der Waals surface area contributed by atoms with E-state index in [1.165, 1.54) is 0 Å². The fourth-order valence-electron chi connectivity index (χ4n) is 2.93. The zero-order valence-corrected chi connectivity index (χ0v) is 13.9. The second-order valence-electron chi connectivity index (χ2n) is 5.68. The number of nitrogens with zero attached hydrogens (tertiary/aromatic N) is 3. The van der Waals surface area contributed by atoms with Gasteiger partial charge in [0, 0.05) is 24.0 Å². The van der Waals surface area contributed by atoms with Gasteiger partial charge in [-0.15, -0.1) is 0 Å². The van der Waals surface area contributed by atoms with Crippen molar-refractivity contribution in [1.82, 2.24) is 14.5 Å². The van der Waals surface area contributed by atoms with Gasteiger partial charge in [-0.2, -0.15) is 0 Å². The first kappa shape index (κ1) is 17.8. The Morgan fingerprint density at radius 3 is 2.58 bits per heavy atom. The monoisotopic (exact) mass is 333 g/mol. The van der Waals surface area contributed by atoms with Crippen LogP contribution in [0.2, 0.25) is 0 Å². The maximum absolute atomic E-state index is 9.96. The minimum absolute atomic E-state index is 0.146. The molecule has 3 rings (SSSR count). The number of phenolic OH excluding ortho intramolecular Hbond substituents is 1. The van der Waals surface area contributed by atoms with Crippen LogP contribution >= 0.6 is 0 Å². The summed E-state index contributed by atoms with van der Waals surface area (Å²) < 4.78 is 7.32. The summed E-state index contributed by atoms with van der Waals surface area (Å²) in [4.78, 5) is 15.2. The summed E-state index contributed by atoms with van der Waals surface area (Å²) in [7, 11) is 3.71. The van der Waals surface area contributed by atoms with Gasteiger partial charge in [0.05, 0.1) is 7.11 Å². The van der Waals surface area contributed by atoms with Crippen LogP contribution in [0.3, 0.4) is 0 Å².